The molecular formula is C22H25FN2O. The van der Waals surface area contributed by atoms with Gasteiger partial charge in [-0.3, -0.25) is 9.98 Å². The summed E-state index contributed by atoms with van der Waals surface area (Å²) in [4.78, 5) is 8.54. The van der Waals surface area contributed by atoms with Crippen molar-refractivity contribution in [3.05, 3.63) is 77.9 Å². The summed E-state index contributed by atoms with van der Waals surface area (Å²) in [6, 6.07) is 5.04. The predicted molar refractivity (Wildman–Crippen MR) is 108 cm³/mol. The van der Waals surface area contributed by atoms with Gasteiger partial charge in [0.05, 0.1) is 18.5 Å². The van der Waals surface area contributed by atoms with E-state index in [4.69, 9.17) is 4.74 Å². The smallest absolute Gasteiger partial charge is 0.130 e. The maximum absolute atomic E-state index is 14.3. The van der Waals surface area contributed by atoms with Crippen molar-refractivity contribution in [2.75, 3.05) is 7.11 Å². The van der Waals surface area contributed by atoms with Gasteiger partial charge in [-0.05, 0) is 55.4 Å². The second-order valence-corrected chi connectivity index (χ2v) is 6.08. The normalized spacial score (nSPS) is 20.2. The molecule has 3 nitrogen and oxygen atoms in total. The Kier molecular flexibility index (Phi) is 6.84. The lowest BCUT2D eigenvalue weighted by atomic mass is 10.0. The van der Waals surface area contributed by atoms with Crippen LogP contribution in [0.15, 0.2) is 76.5 Å². The van der Waals surface area contributed by atoms with Crippen molar-refractivity contribution in [2.45, 2.75) is 26.2 Å². The van der Waals surface area contributed by atoms with Crippen LogP contribution in [0.1, 0.15) is 31.7 Å². The number of nitrogens with zero attached hydrogens (tertiary/aromatic N) is 2. The molecule has 0 aromatic heterocycles. The summed E-state index contributed by atoms with van der Waals surface area (Å²) in [5.41, 5.74) is 2.82. The van der Waals surface area contributed by atoms with Gasteiger partial charge in [0, 0.05) is 18.5 Å². The Hall–Kier alpha value is -2.75. The lowest BCUT2D eigenvalue weighted by Gasteiger charge is -2.06. The molecule has 1 aliphatic carbocycles. The number of halogens is 1. The van der Waals surface area contributed by atoms with Gasteiger partial charge >= 0.3 is 0 Å². The molecule has 1 aromatic rings. The molecule has 1 fully saturated rings. The van der Waals surface area contributed by atoms with Crippen LogP contribution < -0.4 is 4.74 Å². The van der Waals surface area contributed by atoms with Crippen molar-refractivity contribution < 1.29 is 9.13 Å². The van der Waals surface area contributed by atoms with E-state index in [1.54, 1.807) is 24.6 Å². The maximum Gasteiger partial charge on any atom is 0.130 e. The van der Waals surface area contributed by atoms with E-state index >= 15 is 0 Å². The second-order valence-electron chi connectivity index (χ2n) is 6.08. The van der Waals surface area contributed by atoms with Crippen LogP contribution in [0.2, 0.25) is 0 Å². The van der Waals surface area contributed by atoms with Gasteiger partial charge in [0.15, 0.2) is 0 Å². The van der Waals surface area contributed by atoms with Gasteiger partial charge in [-0.15, -0.1) is 0 Å². The van der Waals surface area contributed by atoms with E-state index in [0.29, 0.717) is 17.1 Å². The number of ether oxygens (including phenoxy) is 1. The molecule has 0 aliphatic heterocycles. The molecule has 136 valence electrons. The molecule has 4 heteroatoms. The lowest BCUT2D eigenvalue weighted by molar-refractivity contribution is 0.410. The van der Waals surface area contributed by atoms with Crippen LogP contribution in [0, 0.1) is 11.7 Å². The monoisotopic (exact) mass is 352 g/mol. The maximum atomic E-state index is 14.3. The van der Waals surface area contributed by atoms with Crippen LogP contribution >= 0.6 is 0 Å². The first-order valence-electron chi connectivity index (χ1n) is 8.59. The highest BCUT2D eigenvalue weighted by Crippen LogP contribution is 2.52. The number of allylic oxidation sites excluding steroid dienone is 4. The van der Waals surface area contributed by atoms with Gasteiger partial charge in [-0.25, -0.2) is 4.39 Å². The van der Waals surface area contributed by atoms with E-state index in [0.717, 1.165) is 17.6 Å². The molecule has 0 saturated heterocycles. The van der Waals surface area contributed by atoms with Crippen molar-refractivity contribution in [1.82, 2.24) is 0 Å². The molecule has 0 amide bonds. The number of hydrogen-bond donors (Lipinski definition) is 0. The molecule has 0 heterocycles. The third-order valence-corrected chi connectivity index (χ3v) is 4.37. The number of aliphatic imine (C=N–C) groups is 2. The number of methoxy groups -OCH3 is 1. The topological polar surface area (TPSA) is 34.0 Å². The van der Waals surface area contributed by atoms with Gasteiger partial charge in [-0.1, -0.05) is 31.4 Å². The summed E-state index contributed by atoms with van der Waals surface area (Å²) in [6.45, 7) is 11.6. The molecule has 1 aliphatic rings. The Morgan fingerprint density at radius 1 is 1.23 bits per heavy atom. The van der Waals surface area contributed by atoms with Crippen molar-refractivity contribution in [3.8, 4) is 5.75 Å². The molecule has 1 aromatic carbocycles. The van der Waals surface area contributed by atoms with Crippen molar-refractivity contribution in [2.24, 2.45) is 15.9 Å². The SMILES string of the molecule is C=C(N=C/C=C\C)C(=C)N=C/C(=C\C)C1CC1c1ccc(OC)cc1F. The standard InChI is InChI=1S/C22H25FN2O/c1-6-8-11-24-15(3)16(4)25-14-17(7-2)20-13-21(20)19-10-9-18(26-5)12-22(19)23/h6-12,14,20-21H,3-4,13H2,1-2,5H3/b8-6-,17-7+,24-11?,25-14?. The zero-order valence-corrected chi connectivity index (χ0v) is 15.6. The van der Waals surface area contributed by atoms with Gasteiger partial charge in [0.25, 0.3) is 0 Å². The first-order chi connectivity index (χ1) is 12.5. The first-order valence-corrected chi connectivity index (χ1v) is 8.59. The Bertz CT molecular complexity index is 802. The van der Waals surface area contributed by atoms with Crippen molar-refractivity contribution in [3.63, 3.8) is 0 Å². The van der Waals surface area contributed by atoms with Gasteiger partial charge in [0.2, 0.25) is 0 Å². The summed E-state index contributed by atoms with van der Waals surface area (Å²) in [5.74, 6) is 0.742. The molecular weight excluding hydrogens is 327 g/mol. The Balaban J connectivity index is 2.03. The van der Waals surface area contributed by atoms with Crippen LogP contribution in [0.25, 0.3) is 0 Å². The minimum Gasteiger partial charge on any atom is -0.497 e. The largest absolute Gasteiger partial charge is 0.497 e. The van der Waals surface area contributed by atoms with Crippen LogP contribution in [0.5, 0.6) is 5.75 Å². The number of benzene rings is 1. The quantitative estimate of drug-likeness (QED) is 0.441. The van der Waals surface area contributed by atoms with E-state index < -0.39 is 0 Å². The molecule has 2 atom stereocenters. The molecule has 2 unspecified atom stereocenters. The van der Waals surface area contributed by atoms with E-state index in [9.17, 15) is 4.39 Å². The highest BCUT2D eigenvalue weighted by atomic mass is 19.1. The molecule has 0 N–H and O–H groups in total. The summed E-state index contributed by atoms with van der Waals surface area (Å²) in [7, 11) is 1.53. The van der Waals surface area contributed by atoms with Gasteiger partial charge < -0.3 is 4.74 Å². The number of rotatable bonds is 8. The minimum atomic E-state index is -0.222. The summed E-state index contributed by atoms with van der Waals surface area (Å²) in [5, 5.41) is 0. The molecule has 26 heavy (non-hydrogen) atoms. The highest BCUT2D eigenvalue weighted by Gasteiger charge is 2.41. The lowest BCUT2D eigenvalue weighted by Crippen LogP contribution is -1.95. The average Bonchev–Trinajstić information content (AvgIpc) is 3.42. The van der Waals surface area contributed by atoms with E-state index in [2.05, 4.69) is 23.1 Å². The van der Waals surface area contributed by atoms with Crippen molar-refractivity contribution in [1.29, 1.82) is 0 Å². The molecule has 1 saturated carbocycles. The van der Waals surface area contributed by atoms with Crippen molar-refractivity contribution >= 4 is 12.4 Å². The molecule has 0 spiro atoms. The minimum absolute atomic E-state index is 0.169. The van der Waals surface area contributed by atoms with Crippen LogP contribution in [0.3, 0.4) is 0 Å². The average molecular weight is 352 g/mol. The molecule has 0 radical (unpaired) electrons. The Labute approximate surface area is 155 Å². The fourth-order valence-corrected chi connectivity index (χ4v) is 2.75. The van der Waals surface area contributed by atoms with Crippen LogP contribution in [-0.4, -0.2) is 19.5 Å². The van der Waals surface area contributed by atoms with Crippen LogP contribution in [0.4, 0.5) is 4.39 Å². The zero-order chi connectivity index (χ0) is 19.1. The van der Waals surface area contributed by atoms with E-state index in [1.807, 2.05) is 32.1 Å². The summed E-state index contributed by atoms with van der Waals surface area (Å²) in [6.07, 6.45) is 10.0. The summed E-state index contributed by atoms with van der Waals surface area (Å²) >= 11 is 0. The highest BCUT2D eigenvalue weighted by molar-refractivity contribution is 5.82. The predicted octanol–water partition coefficient (Wildman–Crippen LogP) is 5.63. The van der Waals surface area contributed by atoms with Gasteiger partial charge in [0.1, 0.15) is 11.6 Å². The zero-order valence-electron chi connectivity index (χ0n) is 15.6. The Morgan fingerprint density at radius 2 is 1.96 bits per heavy atom. The second kappa shape index (κ2) is 9.09. The van der Waals surface area contributed by atoms with Crippen LogP contribution in [-0.2, 0) is 0 Å². The Morgan fingerprint density at radius 3 is 2.58 bits per heavy atom. The molecule has 2 rings (SSSR count). The third kappa shape index (κ3) is 4.88. The fourth-order valence-electron chi connectivity index (χ4n) is 2.75. The third-order valence-electron chi connectivity index (χ3n) is 4.37. The van der Waals surface area contributed by atoms with Gasteiger partial charge in [-0.2, -0.15) is 0 Å². The van der Waals surface area contributed by atoms with E-state index in [1.165, 1.54) is 13.2 Å². The first kappa shape index (κ1) is 19.6. The fraction of sp³-hybridized carbons (Fsp3) is 0.273. The van der Waals surface area contributed by atoms with E-state index in [-0.39, 0.29) is 17.7 Å². The summed E-state index contributed by atoms with van der Waals surface area (Å²) < 4.78 is 19.3. The molecule has 0 bridgehead atoms. The number of hydrogen-bond acceptors (Lipinski definition) is 3.